The van der Waals surface area contributed by atoms with Crippen molar-refractivity contribution in [3.05, 3.63) is 72.3 Å². The number of aromatic nitrogens is 3. The summed E-state index contributed by atoms with van der Waals surface area (Å²) >= 11 is 0. The van der Waals surface area contributed by atoms with Crippen LogP contribution in [0.1, 0.15) is 36.3 Å². The highest BCUT2D eigenvalue weighted by atomic mass is 16.2. The fourth-order valence-corrected chi connectivity index (χ4v) is 4.33. The maximum Gasteiger partial charge on any atom is 0.271 e. The second kappa shape index (κ2) is 9.34. The van der Waals surface area contributed by atoms with Gasteiger partial charge in [0, 0.05) is 43.8 Å². The molecule has 2 amide bonds. The first-order chi connectivity index (χ1) is 15.5. The predicted octanol–water partition coefficient (Wildman–Crippen LogP) is 3.32. The molecular weight excluding hydrogens is 402 g/mol. The van der Waals surface area contributed by atoms with Crippen LogP contribution in [-0.2, 0) is 11.2 Å². The van der Waals surface area contributed by atoms with Crippen LogP contribution in [0, 0.1) is 11.3 Å². The molecule has 32 heavy (non-hydrogen) atoms. The van der Waals surface area contributed by atoms with Gasteiger partial charge in [0.05, 0.1) is 5.41 Å². The highest BCUT2D eigenvalue weighted by Gasteiger charge is 2.46. The monoisotopic (exact) mass is 431 g/mol. The van der Waals surface area contributed by atoms with Gasteiger partial charge in [0.25, 0.3) is 5.91 Å². The van der Waals surface area contributed by atoms with Crippen molar-refractivity contribution in [2.75, 3.05) is 19.6 Å². The van der Waals surface area contributed by atoms with Crippen molar-refractivity contribution >= 4 is 11.8 Å². The van der Waals surface area contributed by atoms with Gasteiger partial charge in [-0.1, -0.05) is 44.2 Å². The van der Waals surface area contributed by atoms with E-state index in [1.807, 2.05) is 30.5 Å². The Bertz CT molecular complexity index is 1060. The van der Waals surface area contributed by atoms with Crippen molar-refractivity contribution in [2.24, 2.45) is 11.3 Å². The first kappa shape index (κ1) is 21.7. The molecule has 0 radical (unpaired) electrons. The lowest BCUT2D eigenvalue weighted by atomic mass is 9.78. The van der Waals surface area contributed by atoms with Crippen LogP contribution in [0.15, 0.2) is 61.1 Å². The molecule has 1 saturated heterocycles. The minimum Gasteiger partial charge on any atom is -0.355 e. The molecule has 4 rings (SSSR count). The molecule has 1 aliphatic heterocycles. The number of amides is 2. The van der Waals surface area contributed by atoms with Crippen molar-refractivity contribution < 1.29 is 9.59 Å². The average Bonchev–Trinajstić information content (AvgIpc) is 3.49. The van der Waals surface area contributed by atoms with Gasteiger partial charge in [0.15, 0.2) is 0 Å². The zero-order chi connectivity index (χ0) is 22.6. The molecule has 0 bridgehead atoms. The Morgan fingerprint density at radius 3 is 2.72 bits per heavy atom. The van der Waals surface area contributed by atoms with E-state index in [9.17, 15) is 9.59 Å². The molecule has 3 heterocycles. The third kappa shape index (κ3) is 4.56. The van der Waals surface area contributed by atoms with Gasteiger partial charge < -0.3 is 10.2 Å². The van der Waals surface area contributed by atoms with Crippen molar-refractivity contribution in [3.63, 3.8) is 0 Å². The summed E-state index contributed by atoms with van der Waals surface area (Å²) in [6, 6.07) is 13.7. The Kier molecular flexibility index (Phi) is 6.35. The third-order valence-electron chi connectivity index (χ3n) is 6.04. The van der Waals surface area contributed by atoms with Crippen molar-refractivity contribution in [2.45, 2.75) is 26.7 Å². The highest BCUT2D eigenvalue weighted by molar-refractivity contribution is 5.93. The number of likely N-dealkylation sites (tertiary alicyclic amines) is 1. The zero-order valence-corrected chi connectivity index (χ0v) is 18.5. The quantitative estimate of drug-likeness (QED) is 0.600. The van der Waals surface area contributed by atoms with E-state index in [4.69, 9.17) is 0 Å². The Morgan fingerprint density at radius 2 is 2.00 bits per heavy atom. The molecule has 7 heteroatoms. The van der Waals surface area contributed by atoms with Crippen molar-refractivity contribution in [1.82, 2.24) is 25.4 Å². The van der Waals surface area contributed by atoms with Gasteiger partial charge in [0.2, 0.25) is 5.91 Å². The summed E-state index contributed by atoms with van der Waals surface area (Å²) in [6.45, 7) is 5.66. The first-order valence-corrected chi connectivity index (χ1v) is 11.0. The predicted molar refractivity (Wildman–Crippen MR) is 123 cm³/mol. The number of aromatic amines is 1. The van der Waals surface area contributed by atoms with Crippen LogP contribution in [0.5, 0.6) is 0 Å². The van der Waals surface area contributed by atoms with Gasteiger partial charge in [0.1, 0.15) is 5.69 Å². The molecule has 0 saturated carbocycles. The Balaban J connectivity index is 1.64. The molecule has 1 atom stereocenters. The first-order valence-electron chi connectivity index (χ1n) is 11.0. The number of H-pyrrole nitrogens is 1. The number of carbonyl (C=O) groups excluding carboxylic acids is 2. The largest absolute Gasteiger partial charge is 0.355 e. The highest BCUT2D eigenvalue weighted by Crippen LogP contribution is 2.38. The molecule has 0 spiro atoms. The Hall–Kier alpha value is -3.48. The minimum absolute atomic E-state index is 0.00657. The summed E-state index contributed by atoms with van der Waals surface area (Å²) in [4.78, 5) is 32.5. The molecule has 1 aliphatic rings. The minimum atomic E-state index is -0.692. The number of nitrogens with zero attached hydrogens (tertiary/aromatic N) is 3. The van der Waals surface area contributed by atoms with Crippen molar-refractivity contribution in [3.8, 4) is 11.1 Å². The normalized spacial score (nSPS) is 18.2. The van der Waals surface area contributed by atoms with Gasteiger partial charge in [-0.2, -0.15) is 5.10 Å². The van der Waals surface area contributed by atoms with E-state index in [2.05, 4.69) is 46.5 Å². The van der Waals surface area contributed by atoms with E-state index in [0.717, 1.165) is 16.7 Å². The van der Waals surface area contributed by atoms with Crippen molar-refractivity contribution in [1.29, 1.82) is 0 Å². The maximum atomic E-state index is 13.5. The summed E-state index contributed by atoms with van der Waals surface area (Å²) in [7, 11) is 0. The van der Waals surface area contributed by atoms with E-state index in [0.29, 0.717) is 44.1 Å². The maximum absolute atomic E-state index is 13.5. The standard InChI is InChI=1S/C25H29N5O2/c1-18(2)15-27-24(32)25(10-13-30(17-25)23(31)22-9-12-28-29-22)14-19-6-3-4-8-21(19)20-7-5-11-26-16-20/h3-9,11-12,16,18H,10,13-15,17H2,1-2H3,(H,27,32)(H,28,29)/t25-/m0/s1. The summed E-state index contributed by atoms with van der Waals surface area (Å²) in [5, 5.41) is 9.76. The molecule has 0 aliphatic carbocycles. The number of benzene rings is 1. The second-order valence-electron chi connectivity index (χ2n) is 8.91. The SMILES string of the molecule is CC(C)CNC(=O)[C@]1(Cc2ccccc2-c2cccnc2)CCN(C(=O)c2ccn[nH]2)C1. The van der Waals surface area contributed by atoms with E-state index in [1.54, 1.807) is 23.4 Å². The third-order valence-corrected chi connectivity index (χ3v) is 6.04. The van der Waals surface area contributed by atoms with E-state index >= 15 is 0 Å². The van der Waals surface area contributed by atoms with Crippen LogP contribution in [-0.4, -0.2) is 51.5 Å². The van der Waals surface area contributed by atoms with Gasteiger partial charge in [-0.25, -0.2) is 0 Å². The summed E-state index contributed by atoms with van der Waals surface area (Å²) < 4.78 is 0. The van der Waals surface area contributed by atoms with E-state index in [1.165, 1.54) is 0 Å². The lowest BCUT2D eigenvalue weighted by molar-refractivity contribution is -0.130. The number of hydrogen-bond donors (Lipinski definition) is 2. The molecular formula is C25H29N5O2. The fraction of sp³-hybridized carbons (Fsp3) is 0.360. The smallest absolute Gasteiger partial charge is 0.271 e. The molecule has 3 aromatic rings. The average molecular weight is 432 g/mol. The molecule has 166 valence electrons. The van der Waals surface area contributed by atoms with Gasteiger partial charge in [-0.3, -0.25) is 19.7 Å². The molecule has 0 unspecified atom stereocenters. The summed E-state index contributed by atoms with van der Waals surface area (Å²) in [6.07, 6.45) is 6.32. The lowest BCUT2D eigenvalue weighted by Crippen LogP contribution is -2.46. The Labute approximate surface area is 188 Å². The molecule has 2 aromatic heterocycles. The number of carbonyl (C=O) groups is 2. The van der Waals surface area contributed by atoms with Gasteiger partial charge in [-0.15, -0.1) is 0 Å². The zero-order valence-electron chi connectivity index (χ0n) is 18.5. The van der Waals surface area contributed by atoms with Crippen LogP contribution in [0.3, 0.4) is 0 Å². The molecule has 2 N–H and O–H groups in total. The molecule has 1 aromatic carbocycles. The van der Waals surface area contributed by atoms with E-state index < -0.39 is 5.41 Å². The summed E-state index contributed by atoms with van der Waals surface area (Å²) in [5.74, 6) is 0.233. The topological polar surface area (TPSA) is 91.0 Å². The second-order valence-corrected chi connectivity index (χ2v) is 8.91. The lowest BCUT2D eigenvalue weighted by Gasteiger charge is -2.29. The number of hydrogen-bond acceptors (Lipinski definition) is 4. The molecule has 7 nitrogen and oxygen atoms in total. The van der Waals surface area contributed by atoms with Crippen LogP contribution in [0.4, 0.5) is 0 Å². The van der Waals surface area contributed by atoms with Gasteiger partial charge in [-0.05, 0) is 42.0 Å². The van der Waals surface area contributed by atoms with Gasteiger partial charge >= 0.3 is 0 Å². The summed E-state index contributed by atoms with van der Waals surface area (Å²) in [5.41, 5.74) is 2.91. The van der Waals surface area contributed by atoms with Crippen LogP contribution in [0.25, 0.3) is 11.1 Å². The molecule has 1 fully saturated rings. The van der Waals surface area contributed by atoms with Crippen LogP contribution >= 0.6 is 0 Å². The fourth-order valence-electron chi connectivity index (χ4n) is 4.33. The van der Waals surface area contributed by atoms with Crippen LogP contribution < -0.4 is 5.32 Å². The van der Waals surface area contributed by atoms with E-state index in [-0.39, 0.29) is 11.8 Å². The Morgan fingerprint density at radius 1 is 1.16 bits per heavy atom. The number of nitrogens with one attached hydrogen (secondary N) is 2. The van der Waals surface area contributed by atoms with Crippen LogP contribution in [0.2, 0.25) is 0 Å². The number of pyridine rings is 1. The number of rotatable bonds is 7.